The molecule has 2 nitrogen and oxygen atoms in total. The van der Waals surface area contributed by atoms with Gasteiger partial charge in [0.25, 0.3) is 0 Å². The quantitative estimate of drug-likeness (QED) is 0.326. The van der Waals surface area contributed by atoms with E-state index in [0.29, 0.717) is 5.75 Å². The number of methoxy groups -OCH3 is 1. The van der Waals surface area contributed by atoms with Gasteiger partial charge in [0.05, 0.1) is 0 Å². The molecule has 0 aliphatic carbocycles. The molecule has 4 aromatic carbocycles. The van der Waals surface area contributed by atoms with Crippen molar-refractivity contribution in [1.82, 2.24) is 0 Å². The summed E-state index contributed by atoms with van der Waals surface area (Å²) in [5.74, 6) is 1.56. The molecule has 164 valence electrons. The number of halogens is 1. The fourth-order valence-corrected chi connectivity index (χ4v) is 9.06. The first-order valence-electron chi connectivity index (χ1n) is 10.8. The molecule has 0 aromatic heterocycles. The molecule has 0 aliphatic heterocycles. The third-order valence-corrected chi connectivity index (χ3v) is 10.7. The van der Waals surface area contributed by atoms with Gasteiger partial charge >= 0.3 is 190 Å². The van der Waals surface area contributed by atoms with Gasteiger partial charge in [-0.2, -0.15) is 0 Å². The molecule has 4 rings (SSSR count). The van der Waals surface area contributed by atoms with Crippen LogP contribution < -0.4 is 25.4 Å². The van der Waals surface area contributed by atoms with Gasteiger partial charge in [-0.3, -0.25) is 0 Å². The molecule has 0 saturated carbocycles. The van der Waals surface area contributed by atoms with E-state index in [9.17, 15) is 4.39 Å². The van der Waals surface area contributed by atoms with Crippen LogP contribution in [0.25, 0.3) is 0 Å². The zero-order chi connectivity index (χ0) is 22.2. The Hall–Kier alpha value is -3.16. The number of ether oxygens (including phenoxy) is 2. The van der Waals surface area contributed by atoms with Crippen LogP contribution in [0.15, 0.2) is 109 Å². The molecule has 0 unspecified atom stereocenters. The summed E-state index contributed by atoms with van der Waals surface area (Å²) in [6.45, 7) is -0.441. The summed E-state index contributed by atoms with van der Waals surface area (Å²) in [6.07, 6.45) is 0.886. The molecular weight excluding hydrogens is 418 g/mol. The van der Waals surface area contributed by atoms with Gasteiger partial charge in [-0.15, -0.1) is 0 Å². The van der Waals surface area contributed by atoms with E-state index in [1.807, 2.05) is 24.3 Å². The van der Waals surface area contributed by atoms with Crippen LogP contribution in [0.5, 0.6) is 11.5 Å². The second-order valence-electron chi connectivity index (χ2n) is 7.73. The number of hydrogen-bond donors (Lipinski definition) is 0. The average Bonchev–Trinajstić information content (AvgIpc) is 2.87. The second-order valence-corrected chi connectivity index (χ2v) is 11.6. The van der Waals surface area contributed by atoms with E-state index in [-0.39, 0.29) is 6.61 Å². The Balaban J connectivity index is 1.93. The molecule has 0 fully saturated rings. The maximum absolute atomic E-state index is 12.8. The molecule has 0 N–H and O–H groups in total. The number of hydrogen-bond acceptors (Lipinski definition) is 2. The predicted octanol–water partition coefficient (Wildman–Crippen LogP) is 5.27. The summed E-state index contributed by atoms with van der Waals surface area (Å²) in [6, 6.07) is 38.0. The fraction of sp³-hybridized carbons (Fsp3) is 0.143. The van der Waals surface area contributed by atoms with Crippen molar-refractivity contribution in [1.29, 1.82) is 0 Å². The molecule has 4 aromatic rings. The van der Waals surface area contributed by atoms with Crippen LogP contribution in [0.3, 0.4) is 0 Å². The summed E-state index contributed by atoms with van der Waals surface area (Å²) in [5.41, 5.74) is 1.25. The molecule has 0 heterocycles. The Morgan fingerprint density at radius 1 is 0.656 bits per heavy atom. The topological polar surface area (TPSA) is 18.5 Å². The summed E-state index contributed by atoms with van der Waals surface area (Å²) in [7, 11) is -0.792. The van der Waals surface area contributed by atoms with Gasteiger partial charge in [-0.05, 0) is 0 Å². The van der Waals surface area contributed by atoms with Gasteiger partial charge < -0.3 is 0 Å². The molecule has 0 aliphatic rings. The van der Waals surface area contributed by atoms with Crippen molar-refractivity contribution in [2.45, 2.75) is 6.16 Å². The third-order valence-electron chi connectivity index (χ3n) is 5.83. The predicted molar refractivity (Wildman–Crippen MR) is 135 cm³/mol. The van der Waals surface area contributed by atoms with Gasteiger partial charge in [0.1, 0.15) is 0 Å². The van der Waals surface area contributed by atoms with Crippen molar-refractivity contribution < 1.29 is 13.9 Å². The number of alkyl halides is 1. The van der Waals surface area contributed by atoms with Crippen molar-refractivity contribution >= 4 is 23.2 Å². The Bertz CT molecular complexity index is 1080. The SMILES string of the molecule is COc1ccc(C[PH](c2ccccc2)(c2ccccc2)c2cccc(OCCF)c2)cc1. The van der Waals surface area contributed by atoms with Crippen LogP contribution in [-0.4, -0.2) is 20.4 Å². The molecule has 0 spiro atoms. The van der Waals surface area contributed by atoms with E-state index in [4.69, 9.17) is 9.47 Å². The standard InChI is InChI=1S/C28H28FO2P/c1-30-24-17-15-23(16-18-24)22-32(26-10-4-2-5-11-26,27-12-6-3-7-13-27)28-14-8-9-25(21-28)31-20-19-29/h2-18,21,32H,19-20,22H2,1H3. The summed E-state index contributed by atoms with van der Waals surface area (Å²) in [5, 5.41) is 3.89. The Morgan fingerprint density at radius 2 is 1.25 bits per heavy atom. The van der Waals surface area contributed by atoms with Gasteiger partial charge in [0.2, 0.25) is 0 Å². The zero-order valence-corrected chi connectivity index (χ0v) is 19.2. The van der Waals surface area contributed by atoms with Crippen LogP contribution in [-0.2, 0) is 6.16 Å². The molecule has 0 atom stereocenters. The molecule has 32 heavy (non-hydrogen) atoms. The monoisotopic (exact) mass is 446 g/mol. The van der Waals surface area contributed by atoms with E-state index in [0.717, 1.165) is 11.9 Å². The average molecular weight is 447 g/mol. The molecule has 0 saturated heterocycles. The van der Waals surface area contributed by atoms with Crippen molar-refractivity contribution in [3.05, 3.63) is 115 Å². The van der Waals surface area contributed by atoms with E-state index in [1.54, 1.807) is 7.11 Å². The normalized spacial score (nSPS) is 11.7. The Morgan fingerprint density at radius 3 is 1.81 bits per heavy atom. The maximum atomic E-state index is 12.8. The van der Waals surface area contributed by atoms with Crippen LogP contribution in [0, 0.1) is 0 Å². The molecule has 0 radical (unpaired) electrons. The van der Waals surface area contributed by atoms with Crippen LogP contribution in [0.1, 0.15) is 5.56 Å². The third kappa shape index (κ3) is 4.69. The summed E-state index contributed by atoms with van der Waals surface area (Å²) < 4.78 is 23.8. The van der Waals surface area contributed by atoms with E-state index in [1.165, 1.54) is 21.5 Å². The summed E-state index contributed by atoms with van der Waals surface area (Å²) in [4.78, 5) is 0. The first kappa shape index (κ1) is 22.0. The molecule has 0 bridgehead atoms. The Labute approximate surface area is 190 Å². The van der Waals surface area contributed by atoms with E-state index in [2.05, 4.69) is 84.9 Å². The minimum atomic E-state index is -2.48. The van der Waals surface area contributed by atoms with Gasteiger partial charge in [0, 0.05) is 0 Å². The van der Waals surface area contributed by atoms with Crippen LogP contribution >= 0.6 is 7.26 Å². The van der Waals surface area contributed by atoms with Gasteiger partial charge in [-0.25, -0.2) is 0 Å². The van der Waals surface area contributed by atoms with E-state index < -0.39 is 13.9 Å². The minimum absolute atomic E-state index is 0.0627. The zero-order valence-electron chi connectivity index (χ0n) is 18.2. The second kappa shape index (κ2) is 10.4. The van der Waals surface area contributed by atoms with Crippen molar-refractivity contribution in [2.24, 2.45) is 0 Å². The molecular formula is C28H28FO2P. The van der Waals surface area contributed by atoms with Crippen LogP contribution in [0.4, 0.5) is 4.39 Å². The first-order valence-corrected chi connectivity index (χ1v) is 13.0. The Kier molecular flexibility index (Phi) is 7.19. The summed E-state index contributed by atoms with van der Waals surface area (Å²) >= 11 is 0. The van der Waals surface area contributed by atoms with E-state index >= 15 is 0 Å². The first-order chi connectivity index (χ1) is 15.8. The van der Waals surface area contributed by atoms with Crippen molar-refractivity contribution in [2.75, 3.05) is 20.4 Å². The number of rotatable bonds is 9. The van der Waals surface area contributed by atoms with Gasteiger partial charge in [0.15, 0.2) is 0 Å². The van der Waals surface area contributed by atoms with Crippen LogP contribution in [0.2, 0.25) is 0 Å². The van der Waals surface area contributed by atoms with Crippen molar-refractivity contribution in [3.8, 4) is 11.5 Å². The fourth-order valence-electron chi connectivity index (χ4n) is 4.31. The van der Waals surface area contributed by atoms with Crippen molar-refractivity contribution in [3.63, 3.8) is 0 Å². The van der Waals surface area contributed by atoms with Gasteiger partial charge in [-0.1, -0.05) is 0 Å². The number of benzene rings is 4. The molecule has 4 heteroatoms. The molecule has 0 amide bonds.